The van der Waals surface area contributed by atoms with E-state index in [0.717, 1.165) is 6.42 Å². The average Bonchev–Trinajstić information content (AvgIpc) is 3.33. The second kappa shape index (κ2) is 8.98. The minimum absolute atomic E-state index is 0.0285. The van der Waals surface area contributed by atoms with Gasteiger partial charge in [-0.25, -0.2) is 0 Å². The van der Waals surface area contributed by atoms with E-state index in [4.69, 9.17) is 4.74 Å². The highest BCUT2D eigenvalue weighted by Crippen LogP contribution is 2.66. The number of likely N-dealkylation sites (tertiary alicyclic amines) is 1. The van der Waals surface area contributed by atoms with Crippen molar-refractivity contribution >= 4 is 29.5 Å². The van der Waals surface area contributed by atoms with Gasteiger partial charge in [0.15, 0.2) is 0 Å². The predicted molar refractivity (Wildman–Crippen MR) is 120 cm³/mol. The van der Waals surface area contributed by atoms with Crippen molar-refractivity contribution in [2.24, 2.45) is 11.8 Å². The summed E-state index contributed by atoms with van der Waals surface area (Å²) in [7, 11) is 0. The summed E-state index contributed by atoms with van der Waals surface area (Å²) in [4.78, 5) is 43.6. The number of amides is 2. The molecule has 1 spiro atoms. The van der Waals surface area contributed by atoms with E-state index in [-0.39, 0.29) is 42.8 Å². The lowest BCUT2D eigenvalue weighted by atomic mass is 9.71. The van der Waals surface area contributed by atoms with Crippen LogP contribution in [0.1, 0.15) is 40.0 Å². The molecule has 0 aliphatic carbocycles. The molecule has 3 saturated heterocycles. The highest BCUT2D eigenvalue weighted by Gasteiger charge is 2.74. The topological polar surface area (TPSA) is 87.2 Å². The Morgan fingerprint density at radius 3 is 2.65 bits per heavy atom. The number of esters is 1. The zero-order valence-corrected chi connectivity index (χ0v) is 19.5. The normalized spacial score (nSPS) is 31.5. The molecule has 1 N–H and O–H groups in total. The Hall–Kier alpha value is -1.80. The molecule has 31 heavy (non-hydrogen) atoms. The van der Waals surface area contributed by atoms with Crippen LogP contribution in [0.2, 0.25) is 0 Å². The fourth-order valence-corrected chi connectivity index (χ4v) is 7.56. The quantitative estimate of drug-likeness (QED) is 0.328. The van der Waals surface area contributed by atoms with Crippen molar-refractivity contribution < 1.29 is 24.2 Å². The van der Waals surface area contributed by atoms with E-state index in [1.807, 2.05) is 20.8 Å². The van der Waals surface area contributed by atoms with Crippen LogP contribution in [0.4, 0.5) is 0 Å². The summed E-state index contributed by atoms with van der Waals surface area (Å²) in [6.07, 6.45) is 5.39. The van der Waals surface area contributed by atoms with Crippen LogP contribution < -0.4 is 0 Å². The molecule has 172 valence electrons. The molecule has 0 aromatic rings. The molecule has 3 aliphatic rings. The number of ether oxygens (including phenoxy) is 1. The van der Waals surface area contributed by atoms with Gasteiger partial charge >= 0.3 is 5.97 Å². The van der Waals surface area contributed by atoms with Crippen LogP contribution in [-0.2, 0) is 19.1 Å². The molecule has 3 fully saturated rings. The SMILES string of the molecule is C=CCCOC(=O)[C@@H]1[C@@H]2CCC3(S2)C(C(=O)N(CC=C)C(C)(C)C)N(CCO)C(=O)[C@H]13. The monoisotopic (exact) mass is 450 g/mol. The van der Waals surface area contributed by atoms with E-state index in [2.05, 4.69) is 13.2 Å². The van der Waals surface area contributed by atoms with Gasteiger partial charge in [-0.2, -0.15) is 0 Å². The molecule has 0 aromatic heterocycles. The van der Waals surface area contributed by atoms with Gasteiger partial charge in [-0.3, -0.25) is 14.4 Å². The molecule has 0 saturated carbocycles. The van der Waals surface area contributed by atoms with Crippen LogP contribution in [0.15, 0.2) is 25.3 Å². The second-order valence-corrected chi connectivity index (χ2v) is 11.1. The Balaban J connectivity index is 1.98. The Bertz CT molecular complexity index is 764. The molecular weight excluding hydrogens is 416 g/mol. The summed E-state index contributed by atoms with van der Waals surface area (Å²) in [5, 5.41) is 9.62. The lowest BCUT2D eigenvalue weighted by molar-refractivity contribution is -0.154. The minimum Gasteiger partial charge on any atom is -0.465 e. The molecule has 2 amide bonds. The Kier molecular flexibility index (Phi) is 6.91. The van der Waals surface area contributed by atoms with Crippen molar-refractivity contribution in [3.63, 3.8) is 0 Å². The van der Waals surface area contributed by atoms with Gasteiger partial charge in [-0.05, 0) is 40.0 Å². The number of thioether (sulfide) groups is 1. The lowest BCUT2D eigenvalue weighted by Gasteiger charge is -2.42. The van der Waals surface area contributed by atoms with Crippen LogP contribution in [0.25, 0.3) is 0 Å². The Morgan fingerprint density at radius 1 is 1.35 bits per heavy atom. The van der Waals surface area contributed by atoms with E-state index in [1.54, 1.807) is 28.8 Å². The first-order valence-corrected chi connectivity index (χ1v) is 11.8. The average molecular weight is 451 g/mol. The highest BCUT2D eigenvalue weighted by molar-refractivity contribution is 8.02. The number of hydrogen-bond acceptors (Lipinski definition) is 6. The van der Waals surface area contributed by atoms with E-state index >= 15 is 0 Å². The molecule has 3 aliphatic heterocycles. The van der Waals surface area contributed by atoms with Gasteiger partial charge in [0.05, 0.1) is 29.8 Å². The summed E-state index contributed by atoms with van der Waals surface area (Å²) in [6.45, 7) is 13.7. The minimum atomic E-state index is -0.711. The van der Waals surface area contributed by atoms with Crippen molar-refractivity contribution in [1.82, 2.24) is 9.80 Å². The molecule has 2 bridgehead atoms. The summed E-state index contributed by atoms with van der Waals surface area (Å²) >= 11 is 1.60. The van der Waals surface area contributed by atoms with E-state index < -0.39 is 28.2 Å². The number of β-amino-alcohol motifs (C(OH)–C–C–N with tert-alkyl or cyclic N) is 1. The second-order valence-electron chi connectivity index (χ2n) is 9.46. The van der Waals surface area contributed by atoms with Crippen LogP contribution in [0.3, 0.4) is 0 Å². The van der Waals surface area contributed by atoms with Gasteiger partial charge in [-0.1, -0.05) is 12.2 Å². The van der Waals surface area contributed by atoms with Crippen molar-refractivity contribution in [1.29, 1.82) is 0 Å². The van der Waals surface area contributed by atoms with Crippen molar-refractivity contribution in [2.75, 3.05) is 26.3 Å². The molecule has 8 heteroatoms. The number of hydrogen-bond donors (Lipinski definition) is 1. The molecule has 0 radical (unpaired) electrons. The summed E-state index contributed by atoms with van der Waals surface area (Å²) < 4.78 is 4.79. The van der Waals surface area contributed by atoms with Gasteiger partial charge in [0.1, 0.15) is 6.04 Å². The third-order valence-corrected chi connectivity index (χ3v) is 8.55. The molecule has 2 unspecified atom stereocenters. The number of rotatable bonds is 9. The van der Waals surface area contributed by atoms with Gasteiger partial charge in [-0.15, -0.1) is 24.9 Å². The highest BCUT2D eigenvalue weighted by atomic mass is 32.2. The Labute approximate surface area is 188 Å². The fourth-order valence-electron chi connectivity index (χ4n) is 5.36. The van der Waals surface area contributed by atoms with Crippen molar-refractivity contribution in [2.45, 2.75) is 61.6 Å². The van der Waals surface area contributed by atoms with Gasteiger partial charge in [0.2, 0.25) is 11.8 Å². The summed E-state index contributed by atoms with van der Waals surface area (Å²) in [5.41, 5.74) is -0.460. The van der Waals surface area contributed by atoms with Gasteiger partial charge < -0.3 is 19.6 Å². The zero-order valence-electron chi connectivity index (χ0n) is 18.7. The maximum absolute atomic E-state index is 13.9. The van der Waals surface area contributed by atoms with Crippen LogP contribution in [-0.4, -0.2) is 80.6 Å². The first-order chi connectivity index (χ1) is 14.6. The lowest BCUT2D eigenvalue weighted by Crippen LogP contribution is -2.59. The number of nitrogens with zero attached hydrogens (tertiary/aromatic N) is 2. The van der Waals surface area contributed by atoms with Crippen LogP contribution in [0.5, 0.6) is 0 Å². The third kappa shape index (κ3) is 3.93. The first-order valence-electron chi connectivity index (χ1n) is 10.9. The van der Waals surface area contributed by atoms with E-state index in [0.29, 0.717) is 19.4 Å². The standard InChI is InChI=1S/C23H34N2O5S/c1-6-8-14-30-21(29)16-15-9-10-23(31-15)17(16)19(27)24(12-13-26)18(23)20(28)25(11-7-2)22(3,4)5/h6-7,15-18,26H,1-2,8-14H2,3-5H3/t15-,16+,17-,18?,23?/m0/s1. The number of aliphatic hydroxyl groups is 1. The summed E-state index contributed by atoms with van der Waals surface area (Å²) in [5.74, 6) is -1.89. The maximum Gasteiger partial charge on any atom is 0.310 e. The van der Waals surface area contributed by atoms with Crippen molar-refractivity contribution in [3.8, 4) is 0 Å². The third-order valence-electron chi connectivity index (χ3n) is 6.60. The molecule has 5 atom stereocenters. The molecule has 7 nitrogen and oxygen atoms in total. The number of carbonyl (C=O) groups excluding carboxylic acids is 3. The van der Waals surface area contributed by atoms with Crippen LogP contribution >= 0.6 is 11.8 Å². The summed E-state index contributed by atoms with van der Waals surface area (Å²) in [6, 6.07) is -0.711. The molecule has 3 heterocycles. The fraction of sp³-hybridized carbons (Fsp3) is 0.696. The maximum atomic E-state index is 13.9. The Morgan fingerprint density at radius 2 is 2.06 bits per heavy atom. The first kappa shape index (κ1) is 23.9. The molecule has 3 rings (SSSR count). The number of aliphatic hydroxyl groups excluding tert-OH is 1. The number of carbonyl (C=O) groups is 3. The zero-order chi connectivity index (χ0) is 23.0. The largest absolute Gasteiger partial charge is 0.465 e. The van der Waals surface area contributed by atoms with E-state index in [9.17, 15) is 19.5 Å². The van der Waals surface area contributed by atoms with E-state index in [1.165, 1.54) is 4.90 Å². The van der Waals surface area contributed by atoms with Gasteiger partial charge in [0, 0.05) is 23.9 Å². The molecular formula is C23H34N2O5S. The smallest absolute Gasteiger partial charge is 0.310 e. The predicted octanol–water partition coefficient (Wildman–Crippen LogP) is 2.00. The van der Waals surface area contributed by atoms with Gasteiger partial charge in [0.25, 0.3) is 0 Å². The molecule has 0 aromatic carbocycles. The van der Waals surface area contributed by atoms with Crippen molar-refractivity contribution in [3.05, 3.63) is 25.3 Å². The number of fused-ring (bicyclic) bond motifs is 1. The van der Waals surface area contributed by atoms with Crippen LogP contribution in [0, 0.1) is 11.8 Å².